The monoisotopic (exact) mass is 404 g/mol. The van der Waals surface area contributed by atoms with Crippen LogP contribution in [0.2, 0.25) is 0 Å². The normalized spacial score (nSPS) is 27.1. The lowest BCUT2D eigenvalue weighted by Gasteiger charge is -2.53. The zero-order valence-electron chi connectivity index (χ0n) is 15.4. The highest BCUT2D eigenvalue weighted by Crippen LogP contribution is 2.54. The Balaban J connectivity index is 1.69. The van der Waals surface area contributed by atoms with E-state index in [1.54, 1.807) is 0 Å². The van der Waals surface area contributed by atoms with Gasteiger partial charge < -0.3 is 15.2 Å². The maximum absolute atomic E-state index is 14.8. The Morgan fingerprint density at radius 2 is 2.00 bits per heavy atom. The number of amidine groups is 1. The molecule has 2 aliphatic heterocycles. The fourth-order valence-corrected chi connectivity index (χ4v) is 5.15. The first kappa shape index (κ1) is 19.4. The van der Waals surface area contributed by atoms with E-state index in [0.29, 0.717) is 42.7 Å². The second-order valence-electron chi connectivity index (χ2n) is 7.28. The van der Waals surface area contributed by atoms with E-state index < -0.39 is 22.6 Å². The van der Waals surface area contributed by atoms with Crippen LogP contribution in [0.25, 0.3) is 0 Å². The van der Waals surface area contributed by atoms with Crippen LogP contribution >= 0.6 is 11.8 Å². The number of fused-ring (bicyclic) bond motifs is 1. The molecule has 2 aliphatic rings. The number of rotatable bonds is 5. The molecule has 0 amide bonds. The van der Waals surface area contributed by atoms with Crippen LogP contribution in [0.5, 0.6) is 0 Å². The van der Waals surface area contributed by atoms with Gasteiger partial charge in [0.2, 0.25) is 0 Å². The molecule has 4 rings (SSSR count). The fraction of sp³-hybridized carbons (Fsp3) is 0.381. The minimum atomic E-state index is -1.03. The van der Waals surface area contributed by atoms with Crippen LogP contribution in [0.1, 0.15) is 17.5 Å². The van der Waals surface area contributed by atoms with Gasteiger partial charge in [-0.3, -0.25) is 0 Å². The molecule has 0 radical (unpaired) electrons. The second kappa shape index (κ2) is 7.81. The quantitative estimate of drug-likeness (QED) is 0.823. The van der Waals surface area contributed by atoms with E-state index in [9.17, 15) is 8.78 Å². The van der Waals surface area contributed by atoms with Gasteiger partial charge in [-0.2, -0.15) is 0 Å². The SMILES string of the molecule is NC1=NC2(c3ccc(F)cc3F)COCCC2(COCc2ccccc2)CS1. The predicted molar refractivity (Wildman–Crippen MR) is 106 cm³/mol. The Labute approximate surface area is 167 Å². The van der Waals surface area contributed by atoms with Crippen LogP contribution in [0.3, 0.4) is 0 Å². The number of aliphatic imine (C=N–C) groups is 1. The average Bonchev–Trinajstić information content (AvgIpc) is 2.69. The van der Waals surface area contributed by atoms with Gasteiger partial charge in [0, 0.05) is 29.4 Å². The molecular weight excluding hydrogens is 382 g/mol. The molecule has 0 aliphatic carbocycles. The molecular formula is C21H22F2N2O2S. The summed E-state index contributed by atoms with van der Waals surface area (Å²) in [6.45, 7) is 1.56. The Hall–Kier alpha value is -1.96. The van der Waals surface area contributed by atoms with Gasteiger partial charge in [-0.1, -0.05) is 48.2 Å². The topological polar surface area (TPSA) is 56.8 Å². The molecule has 0 aromatic heterocycles. The van der Waals surface area contributed by atoms with Crippen molar-refractivity contribution in [1.29, 1.82) is 0 Å². The summed E-state index contributed by atoms with van der Waals surface area (Å²) in [4.78, 5) is 4.68. The van der Waals surface area contributed by atoms with Crippen molar-refractivity contribution in [1.82, 2.24) is 0 Å². The maximum Gasteiger partial charge on any atom is 0.154 e. The number of benzene rings is 2. The largest absolute Gasteiger partial charge is 0.379 e. The van der Waals surface area contributed by atoms with Crippen molar-refractivity contribution >= 4 is 16.9 Å². The third kappa shape index (κ3) is 3.43. The molecule has 0 bridgehead atoms. The zero-order chi connectivity index (χ0) is 19.6. The molecule has 28 heavy (non-hydrogen) atoms. The molecule has 2 aromatic carbocycles. The summed E-state index contributed by atoms with van der Waals surface area (Å²) >= 11 is 1.45. The molecule has 2 unspecified atom stereocenters. The minimum Gasteiger partial charge on any atom is -0.379 e. The summed E-state index contributed by atoms with van der Waals surface area (Å²) in [7, 11) is 0. The summed E-state index contributed by atoms with van der Waals surface area (Å²) in [6, 6.07) is 13.5. The maximum atomic E-state index is 14.8. The predicted octanol–water partition coefficient (Wildman–Crippen LogP) is 3.85. The van der Waals surface area contributed by atoms with Crippen molar-refractivity contribution < 1.29 is 18.3 Å². The Morgan fingerprint density at radius 3 is 2.79 bits per heavy atom. The van der Waals surface area contributed by atoms with Gasteiger partial charge in [0.25, 0.3) is 0 Å². The highest BCUT2D eigenvalue weighted by molar-refractivity contribution is 8.13. The van der Waals surface area contributed by atoms with Crippen molar-refractivity contribution in [2.24, 2.45) is 16.1 Å². The number of nitrogens with two attached hydrogens (primary N) is 1. The lowest BCUT2D eigenvalue weighted by Crippen LogP contribution is -2.58. The van der Waals surface area contributed by atoms with Crippen molar-refractivity contribution in [3.05, 3.63) is 71.3 Å². The summed E-state index contributed by atoms with van der Waals surface area (Å²) < 4.78 is 40.2. The lowest BCUT2D eigenvalue weighted by molar-refractivity contribution is -0.0947. The van der Waals surface area contributed by atoms with Gasteiger partial charge in [-0.05, 0) is 18.1 Å². The third-order valence-corrected chi connectivity index (χ3v) is 6.66. The van der Waals surface area contributed by atoms with Crippen molar-refractivity contribution in [2.75, 3.05) is 25.6 Å². The van der Waals surface area contributed by atoms with Gasteiger partial charge in [-0.15, -0.1) is 0 Å². The minimum absolute atomic E-state index is 0.186. The summed E-state index contributed by atoms with van der Waals surface area (Å²) in [5.41, 5.74) is 5.89. The van der Waals surface area contributed by atoms with Gasteiger partial charge >= 0.3 is 0 Å². The van der Waals surface area contributed by atoms with Crippen LogP contribution in [0.4, 0.5) is 8.78 Å². The summed E-state index contributed by atoms with van der Waals surface area (Å²) in [5.74, 6) is -0.624. The van der Waals surface area contributed by atoms with Gasteiger partial charge in [0.15, 0.2) is 5.17 Å². The molecule has 7 heteroatoms. The molecule has 0 spiro atoms. The van der Waals surface area contributed by atoms with Gasteiger partial charge in [0.05, 0.1) is 19.8 Å². The molecule has 1 saturated heterocycles. The van der Waals surface area contributed by atoms with Crippen LogP contribution in [-0.2, 0) is 21.6 Å². The van der Waals surface area contributed by atoms with Gasteiger partial charge in [-0.25, -0.2) is 13.8 Å². The van der Waals surface area contributed by atoms with Crippen molar-refractivity contribution in [3.63, 3.8) is 0 Å². The standard InChI is InChI=1S/C21H22F2N2O2S/c22-16-6-7-17(18(23)10-16)21-13-26-9-8-20(21,14-28-19(24)25-21)12-27-11-15-4-2-1-3-5-15/h1-7,10H,8-9,11-14H2,(H2,24,25). The summed E-state index contributed by atoms with van der Waals surface area (Å²) in [6.07, 6.45) is 0.655. The highest BCUT2D eigenvalue weighted by Gasteiger charge is 2.58. The summed E-state index contributed by atoms with van der Waals surface area (Å²) in [5, 5.41) is 0.382. The smallest absolute Gasteiger partial charge is 0.154 e. The Morgan fingerprint density at radius 1 is 1.18 bits per heavy atom. The lowest BCUT2D eigenvalue weighted by atomic mass is 9.64. The molecule has 2 aromatic rings. The van der Waals surface area contributed by atoms with Crippen molar-refractivity contribution in [2.45, 2.75) is 18.6 Å². The number of ether oxygens (including phenoxy) is 2. The molecule has 2 atom stereocenters. The first-order valence-corrected chi connectivity index (χ1v) is 10.2. The highest BCUT2D eigenvalue weighted by atomic mass is 32.2. The van der Waals surface area contributed by atoms with E-state index in [0.717, 1.165) is 11.6 Å². The number of nitrogens with zero attached hydrogens (tertiary/aromatic N) is 1. The van der Waals surface area contributed by atoms with Crippen LogP contribution < -0.4 is 5.73 Å². The van der Waals surface area contributed by atoms with E-state index in [1.165, 1.54) is 23.9 Å². The Bertz CT molecular complexity index is 880. The molecule has 1 fully saturated rings. The second-order valence-corrected chi connectivity index (χ2v) is 8.28. The van der Waals surface area contributed by atoms with Crippen LogP contribution in [0.15, 0.2) is 53.5 Å². The molecule has 4 nitrogen and oxygen atoms in total. The van der Waals surface area contributed by atoms with Crippen LogP contribution in [0, 0.1) is 17.0 Å². The third-order valence-electron chi connectivity index (χ3n) is 5.58. The molecule has 0 saturated carbocycles. The average molecular weight is 404 g/mol. The number of thioether (sulfide) groups is 1. The van der Waals surface area contributed by atoms with E-state index in [1.807, 2.05) is 30.3 Å². The first-order chi connectivity index (χ1) is 13.5. The number of hydrogen-bond donors (Lipinski definition) is 1. The number of halogens is 2. The number of hydrogen-bond acceptors (Lipinski definition) is 5. The van der Waals surface area contributed by atoms with Gasteiger partial charge in [0.1, 0.15) is 17.2 Å². The van der Waals surface area contributed by atoms with E-state index in [-0.39, 0.29) is 6.61 Å². The molecule has 2 heterocycles. The molecule has 148 valence electrons. The first-order valence-electron chi connectivity index (χ1n) is 9.18. The van der Waals surface area contributed by atoms with Crippen LogP contribution in [-0.4, -0.2) is 30.7 Å². The zero-order valence-corrected chi connectivity index (χ0v) is 16.2. The molecule has 2 N–H and O–H groups in total. The van der Waals surface area contributed by atoms with Crippen molar-refractivity contribution in [3.8, 4) is 0 Å². The van der Waals surface area contributed by atoms with E-state index in [2.05, 4.69) is 4.99 Å². The van der Waals surface area contributed by atoms with E-state index in [4.69, 9.17) is 15.2 Å². The Kier molecular flexibility index (Phi) is 5.40. The van der Waals surface area contributed by atoms with E-state index >= 15 is 0 Å². The fourth-order valence-electron chi connectivity index (χ4n) is 4.04.